The van der Waals surface area contributed by atoms with Gasteiger partial charge in [0.05, 0.1) is 18.6 Å². The molecule has 0 fully saturated rings. The summed E-state index contributed by atoms with van der Waals surface area (Å²) in [5.74, 6) is 0.769. The Balaban J connectivity index is 2.22. The van der Waals surface area contributed by atoms with Gasteiger partial charge in [-0.1, -0.05) is 11.6 Å². The molecule has 7 heteroatoms. The van der Waals surface area contributed by atoms with Crippen molar-refractivity contribution >= 4 is 23.2 Å². The van der Waals surface area contributed by atoms with Crippen molar-refractivity contribution in [3.8, 4) is 11.6 Å². The van der Waals surface area contributed by atoms with E-state index in [1.54, 1.807) is 17.1 Å². The lowest BCUT2D eigenvalue weighted by Gasteiger charge is -2.04. The van der Waals surface area contributed by atoms with Gasteiger partial charge in [-0.3, -0.25) is 4.68 Å². The number of rotatable bonds is 3. The highest BCUT2D eigenvalue weighted by Crippen LogP contribution is 2.27. The molecule has 0 amide bonds. The molecule has 0 aromatic carbocycles. The first-order chi connectivity index (χ1) is 8.06. The monoisotopic (exact) mass is 272 g/mol. The van der Waals surface area contributed by atoms with Crippen LogP contribution in [0.2, 0.25) is 10.3 Å². The smallest absolute Gasteiger partial charge is 0.242 e. The van der Waals surface area contributed by atoms with Crippen LogP contribution in [-0.2, 0) is 0 Å². The van der Waals surface area contributed by atoms with Gasteiger partial charge in [0, 0.05) is 6.04 Å². The standard InChI is InChI=1S/C10H10Cl2N4O/c1-6(2)16-5-7(3-14-16)17-9-8(11)4-13-10(12)15-9/h3-6H,1-2H3. The summed E-state index contributed by atoms with van der Waals surface area (Å²) in [5, 5.41) is 4.52. The zero-order valence-electron chi connectivity index (χ0n) is 9.26. The number of hydrogen-bond donors (Lipinski definition) is 0. The maximum Gasteiger partial charge on any atom is 0.242 e. The van der Waals surface area contributed by atoms with E-state index in [1.807, 2.05) is 13.8 Å². The van der Waals surface area contributed by atoms with Gasteiger partial charge in [0.15, 0.2) is 5.75 Å². The van der Waals surface area contributed by atoms with Crippen LogP contribution in [0, 0.1) is 0 Å². The zero-order valence-corrected chi connectivity index (χ0v) is 10.8. The molecule has 0 aliphatic heterocycles. The fraction of sp³-hybridized carbons (Fsp3) is 0.300. The van der Waals surface area contributed by atoms with Gasteiger partial charge < -0.3 is 4.74 Å². The minimum atomic E-state index is 0.0839. The van der Waals surface area contributed by atoms with Crippen molar-refractivity contribution in [2.75, 3.05) is 0 Å². The van der Waals surface area contributed by atoms with Crippen molar-refractivity contribution in [1.29, 1.82) is 0 Å². The topological polar surface area (TPSA) is 52.8 Å². The van der Waals surface area contributed by atoms with E-state index in [0.29, 0.717) is 10.8 Å². The van der Waals surface area contributed by atoms with Crippen LogP contribution in [0.3, 0.4) is 0 Å². The first kappa shape index (κ1) is 12.1. The van der Waals surface area contributed by atoms with Gasteiger partial charge in [0.25, 0.3) is 0 Å². The van der Waals surface area contributed by atoms with E-state index < -0.39 is 0 Å². The van der Waals surface area contributed by atoms with Crippen LogP contribution in [0.4, 0.5) is 0 Å². The quantitative estimate of drug-likeness (QED) is 0.804. The normalized spacial score (nSPS) is 10.9. The van der Waals surface area contributed by atoms with Crippen LogP contribution in [0.15, 0.2) is 18.6 Å². The molecule has 2 aromatic heterocycles. The van der Waals surface area contributed by atoms with Crippen LogP contribution in [0.25, 0.3) is 0 Å². The van der Waals surface area contributed by atoms with Gasteiger partial charge in [0.2, 0.25) is 11.2 Å². The van der Waals surface area contributed by atoms with Crippen LogP contribution in [-0.4, -0.2) is 19.7 Å². The third kappa shape index (κ3) is 2.87. The van der Waals surface area contributed by atoms with Gasteiger partial charge in [-0.2, -0.15) is 10.1 Å². The fourth-order valence-corrected chi connectivity index (χ4v) is 1.43. The van der Waals surface area contributed by atoms with Crippen molar-refractivity contribution in [1.82, 2.24) is 19.7 Å². The molecule has 0 unspecified atom stereocenters. The maximum absolute atomic E-state index is 5.88. The van der Waals surface area contributed by atoms with Gasteiger partial charge in [-0.15, -0.1) is 0 Å². The lowest BCUT2D eigenvalue weighted by atomic mass is 10.4. The second-order valence-corrected chi connectivity index (χ2v) is 4.39. The average molecular weight is 273 g/mol. The number of hydrogen-bond acceptors (Lipinski definition) is 4. The van der Waals surface area contributed by atoms with E-state index in [9.17, 15) is 0 Å². The molecular formula is C10H10Cl2N4O. The highest BCUT2D eigenvalue weighted by Gasteiger charge is 2.09. The summed E-state index contributed by atoms with van der Waals surface area (Å²) in [6.07, 6.45) is 4.74. The third-order valence-corrected chi connectivity index (χ3v) is 2.45. The van der Waals surface area contributed by atoms with Crippen molar-refractivity contribution in [3.05, 3.63) is 28.9 Å². The van der Waals surface area contributed by atoms with E-state index >= 15 is 0 Å². The summed E-state index contributed by atoms with van der Waals surface area (Å²) >= 11 is 11.5. The van der Waals surface area contributed by atoms with Crippen molar-refractivity contribution in [2.45, 2.75) is 19.9 Å². The molecule has 0 atom stereocenters. The molecule has 90 valence electrons. The second kappa shape index (κ2) is 4.89. The molecule has 0 radical (unpaired) electrons. The number of ether oxygens (including phenoxy) is 1. The van der Waals surface area contributed by atoms with Crippen LogP contribution < -0.4 is 4.74 Å². The van der Waals surface area contributed by atoms with Gasteiger partial charge in [-0.25, -0.2) is 4.98 Å². The molecule has 0 bridgehead atoms. The van der Waals surface area contributed by atoms with Crippen molar-refractivity contribution < 1.29 is 4.74 Å². The summed E-state index contributed by atoms with van der Waals surface area (Å²) in [6, 6.07) is 0.261. The van der Waals surface area contributed by atoms with E-state index in [-0.39, 0.29) is 17.2 Å². The molecule has 17 heavy (non-hydrogen) atoms. The van der Waals surface area contributed by atoms with Crippen molar-refractivity contribution in [3.63, 3.8) is 0 Å². The summed E-state index contributed by atoms with van der Waals surface area (Å²) in [4.78, 5) is 7.62. The summed E-state index contributed by atoms with van der Waals surface area (Å²) in [6.45, 7) is 4.04. The van der Waals surface area contributed by atoms with E-state index in [4.69, 9.17) is 27.9 Å². The molecule has 0 N–H and O–H groups in total. The molecule has 0 saturated heterocycles. The van der Waals surface area contributed by atoms with Crippen LogP contribution in [0.1, 0.15) is 19.9 Å². The Morgan fingerprint density at radius 3 is 2.71 bits per heavy atom. The van der Waals surface area contributed by atoms with Crippen LogP contribution in [0.5, 0.6) is 11.6 Å². The second-order valence-electron chi connectivity index (χ2n) is 3.64. The molecule has 5 nitrogen and oxygen atoms in total. The summed E-state index contributed by atoms with van der Waals surface area (Å²) in [5.41, 5.74) is 0. The van der Waals surface area contributed by atoms with Crippen molar-refractivity contribution in [2.24, 2.45) is 0 Å². The minimum Gasteiger partial charge on any atom is -0.434 e. The molecule has 0 spiro atoms. The Bertz CT molecular complexity index is 527. The minimum absolute atomic E-state index is 0.0839. The first-order valence-corrected chi connectivity index (χ1v) is 5.72. The lowest BCUT2D eigenvalue weighted by molar-refractivity contribution is 0.458. The molecule has 0 aliphatic carbocycles. The summed E-state index contributed by atoms with van der Waals surface area (Å²) < 4.78 is 7.24. The Morgan fingerprint density at radius 1 is 1.29 bits per heavy atom. The predicted molar refractivity (Wildman–Crippen MR) is 64.7 cm³/mol. The first-order valence-electron chi connectivity index (χ1n) is 4.96. The van der Waals surface area contributed by atoms with E-state index in [1.165, 1.54) is 6.20 Å². The van der Waals surface area contributed by atoms with Gasteiger partial charge >= 0.3 is 0 Å². The van der Waals surface area contributed by atoms with E-state index in [2.05, 4.69) is 15.1 Å². The zero-order chi connectivity index (χ0) is 12.4. The Labute approximate surface area is 108 Å². The number of nitrogens with zero attached hydrogens (tertiary/aromatic N) is 4. The highest BCUT2D eigenvalue weighted by molar-refractivity contribution is 6.32. The maximum atomic E-state index is 5.88. The molecule has 0 aliphatic rings. The number of halogens is 2. The Hall–Kier alpha value is -1.33. The molecule has 2 rings (SSSR count). The third-order valence-electron chi connectivity index (χ3n) is 2.00. The lowest BCUT2D eigenvalue weighted by Crippen LogP contribution is -1.99. The largest absolute Gasteiger partial charge is 0.434 e. The van der Waals surface area contributed by atoms with E-state index in [0.717, 1.165) is 0 Å². The number of aromatic nitrogens is 4. The van der Waals surface area contributed by atoms with Gasteiger partial charge in [-0.05, 0) is 25.4 Å². The average Bonchev–Trinajstić information content (AvgIpc) is 2.72. The molecule has 2 heterocycles. The predicted octanol–water partition coefficient (Wildman–Crippen LogP) is 3.35. The molecular weight excluding hydrogens is 263 g/mol. The van der Waals surface area contributed by atoms with Crippen LogP contribution >= 0.6 is 23.2 Å². The molecule has 2 aromatic rings. The summed E-state index contributed by atoms with van der Waals surface area (Å²) in [7, 11) is 0. The SMILES string of the molecule is CC(C)n1cc(Oc2nc(Cl)ncc2Cl)cn1. The van der Waals surface area contributed by atoms with Gasteiger partial charge in [0.1, 0.15) is 5.02 Å². The Morgan fingerprint density at radius 2 is 2.06 bits per heavy atom. The fourth-order valence-electron chi connectivity index (χ4n) is 1.17. The Kier molecular flexibility index (Phi) is 3.49. The highest BCUT2D eigenvalue weighted by atomic mass is 35.5. The molecule has 0 saturated carbocycles.